The Morgan fingerprint density at radius 3 is 2.62 bits per heavy atom. The highest BCUT2D eigenvalue weighted by Crippen LogP contribution is 2.31. The summed E-state index contributed by atoms with van der Waals surface area (Å²) in [5.74, 6) is 0. The van der Waals surface area contributed by atoms with Crippen molar-refractivity contribution in [3.8, 4) is 0 Å². The van der Waals surface area contributed by atoms with E-state index in [0.29, 0.717) is 0 Å². The van der Waals surface area contributed by atoms with Crippen LogP contribution in [0.25, 0.3) is 0 Å². The normalized spacial score (nSPS) is 17.2. The second-order valence-corrected chi connectivity index (χ2v) is 5.81. The van der Waals surface area contributed by atoms with Gasteiger partial charge in [-0.25, -0.2) is 0 Å². The topological polar surface area (TPSA) is 3.24 Å². The number of nitrogens with zero attached hydrogens (tertiary/aromatic N) is 1. The van der Waals surface area contributed by atoms with E-state index in [2.05, 4.69) is 50.8 Å². The first-order valence-electron chi connectivity index (χ1n) is 6.36. The third-order valence-electron chi connectivity index (χ3n) is 3.60. The van der Waals surface area contributed by atoms with Gasteiger partial charge in [-0.15, -0.1) is 0 Å². The highest BCUT2D eigenvalue weighted by Gasteiger charge is 2.23. The summed E-state index contributed by atoms with van der Waals surface area (Å²) in [7, 11) is 0. The van der Waals surface area contributed by atoms with Gasteiger partial charge in [-0.1, -0.05) is 45.9 Å². The van der Waals surface area contributed by atoms with Crippen molar-refractivity contribution in [2.45, 2.75) is 46.1 Å². The SMILES string of the molecule is CCN1CCc2c(cccc2C(C)(C)C)C1. The summed E-state index contributed by atoms with van der Waals surface area (Å²) in [5.41, 5.74) is 4.97. The molecule has 0 saturated heterocycles. The minimum absolute atomic E-state index is 0.278. The highest BCUT2D eigenvalue weighted by molar-refractivity contribution is 5.40. The molecule has 1 aromatic rings. The second kappa shape index (κ2) is 4.21. The lowest BCUT2D eigenvalue weighted by molar-refractivity contribution is 0.266. The van der Waals surface area contributed by atoms with Crippen LogP contribution in [-0.2, 0) is 18.4 Å². The van der Waals surface area contributed by atoms with Crippen LogP contribution in [0.4, 0.5) is 0 Å². The first-order valence-corrected chi connectivity index (χ1v) is 6.36. The summed E-state index contributed by atoms with van der Waals surface area (Å²) in [4.78, 5) is 2.52. The molecule has 0 aliphatic carbocycles. The average molecular weight is 217 g/mol. The molecule has 2 rings (SSSR count). The fourth-order valence-electron chi connectivity index (χ4n) is 2.64. The Balaban J connectivity index is 2.39. The van der Waals surface area contributed by atoms with Crippen molar-refractivity contribution in [2.75, 3.05) is 13.1 Å². The molecule has 1 aliphatic heterocycles. The number of hydrogen-bond donors (Lipinski definition) is 0. The van der Waals surface area contributed by atoms with E-state index in [9.17, 15) is 0 Å². The van der Waals surface area contributed by atoms with Crippen LogP contribution >= 0.6 is 0 Å². The zero-order valence-corrected chi connectivity index (χ0v) is 11.0. The molecule has 1 nitrogen and oxygen atoms in total. The Hall–Kier alpha value is -0.820. The maximum absolute atomic E-state index is 2.52. The Kier molecular flexibility index (Phi) is 3.07. The van der Waals surface area contributed by atoms with Gasteiger partial charge in [-0.3, -0.25) is 4.90 Å². The first-order chi connectivity index (χ1) is 7.52. The molecular weight excluding hydrogens is 194 g/mol. The molecule has 1 heterocycles. The fourth-order valence-corrected chi connectivity index (χ4v) is 2.64. The molecule has 0 atom stereocenters. The van der Waals surface area contributed by atoms with Gasteiger partial charge in [-0.05, 0) is 35.1 Å². The predicted molar refractivity (Wildman–Crippen MR) is 69.8 cm³/mol. The van der Waals surface area contributed by atoms with Crippen LogP contribution in [0.5, 0.6) is 0 Å². The van der Waals surface area contributed by atoms with Gasteiger partial charge in [0.05, 0.1) is 0 Å². The average Bonchev–Trinajstić information content (AvgIpc) is 2.26. The largest absolute Gasteiger partial charge is 0.299 e. The van der Waals surface area contributed by atoms with E-state index in [1.54, 1.807) is 16.7 Å². The van der Waals surface area contributed by atoms with E-state index in [4.69, 9.17) is 0 Å². The van der Waals surface area contributed by atoms with Crippen molar-refractivity contribution in [1.82, 2.24) is 4.90 Å². The molecule has 1 aliphatic rings. The summed E-state index contributed by atoms with van der Waals surface area (Å²) in [5, 5.41) is 0. The maximum Gasteiger partial charge on any atom is 0.0236 e. The van der Waals surface area contributed by atoms with E-state index in [1.165, 1.54) is 19.5 Å². The van der Waals surface area contributed by atoms with Crippen molar-refractivity contribution in [3.05, 3.63) is 34.9 Å². The molecule has 16 heavy (non-hydrogen) atoms. The van der Waals surface area contributed by atoms with E-state index < -0.39 is 0 Å². The van der Waals surface area contributed by atoms with Crippen molar-refractivity contribution < 1.29 is 0 Å². The van der Waals surface area contributed by atoms with Crippen molar-refractivity contribution in [2.24, 2.45) is 0 Å². The van der Waals surface area contributed by atoms with Crippen LogP contribution in [0, 0.1) is 0 Å². The van der Waals surface area contributed by atoms with Crippen LogP contribution in [0.2, 0.25) is 0 Å². The lowest BCUT2D eigenvalue weighted by Crippen LogP contribution is -2.32. The standard InChI is InChI=1S/C15H23N/c1-5-16-10-9-13-12(11-16)7-6-8-14(13)15(2,3)4/h6-8H,5,9-11H2,1-4H3. The summed E-state index contributed by atoms with van der Waals surface area (Å²) in [6, 6.07) is 6.82. The zero-order valence-electron chi connectivity index (χ0n) is 11.0. The molecule has 0 spiro atoms. The van der Waals surface area contributed by atoms with E-state index in [0.717, 1.165) is 6.54 Å². The lowest BCUT2D eigenvalue weighted by atomic mass is 9.80. The predicted octanol–water partition coefficient (Wildman–Crippen LogP) is 3.36. The van der Waals surface area contributed by atoms with E-state index in [1.807, 2.05) is 0 Å². The molecule has 0 bridgehead atoms. The molecule has 0 amide bonds. The van der Waals surface area contributed by atoms with Gasteiger partial charge in [0.25, 0.3) is 0 Å². The number of fused-ring (bicyclic) bond motifs is 1. The molecule has 0 radical (unpaired) electrons. The third-order valence-corrected chi connectivity index (χ3v) is 3.60. The highest BCUT2D eigenvalue weighted by atomic mass is 15.1. The minimum Gasteiger partial charge on any atom is -0.299 e. The van der Waals surface area contributed by atoms with Gasteiger partial charge in [0.1, 0.15) is 0 Å². The summed E-state index contributed by atoms with van der Waals surface area (Å²) < 4.78 is 0. The Morgan fingerprint density at radius 1 is 1.25 bits per heavy atom. The molecule has 1 heteroatoms. The van der Waals surface area contributed by atoms with Crippen LogP contribution in [0.1, 0.15) is 44.4 Å². The van der Waals surface area contributed by atoms with Crippen LogP contribution in [0.15, 0.2) is 18.2 Å². The molecule has 0 unspecified atom stereocenters. The van der Waals surface area contributed by atoms with Crippen molar-refractivity contribution in [3.63, 3.8) is 0 Å². The number of likely N-dealkylation sites (N-methyl/N-ethyl adjacent to an activating group) is 1. The molecule has 0 fully saturated rings. The van der Waals surface area contributed by atoms with E-state index >= 15 is 0 Å². The molecule has 0 N–H and O–H groups in total. The van der Waals surface area contributed by atoms with Crippen LogP contribution < -0.4 is 0 Å². The van der Waals surface area contributed by atoms with Gasteiger partial charge in [0, 0.05) is 13.1 Å². The van der Waals surface area contributed by atoms with Crippen LogP contribution in [-0.4, -0.2) is 18.0 Å². The zero-order chi connectivity index (χ0) is 11.8. The smallest absolute Gasteiger partial charge is 0.0236 e. The monoisotopic (exact) mass is 217 g/mol. The van der Waals surface area contributed by atoms with Gasteiger partial charge in [0.15, 0.2) is 0 Å². The van der Waals surface area contributed by atoms with Gasteiger partial charge in [-0.2, -0.15) is 0 Å². The Bertz CT molecular complexity index is 374. The lowest BCUT2D eigenvalue weighted by Gasteiger charge is -2.32. The first kappa shape index (κ1) is 11.7. The Labute approximate surface area is 99.5 Å². The van der Waals surface area contributed by atoms with E-state index in [-0.39, 0.29) is 5.41 Å². The summed E-state index contributed by atoms with van der Waals surface area (Å²) >= 11 is 0. The van der Waals surface area contributed by atoms with Crippen molar-refractivity contribution in [1.29, 1.82) is 0 Å². The third kappa shape index (κ3) is 2.15. The number of hydrogen-bond acceptors (Lipinski definition) is 1. The van der Waals surface area contributed by atoms with Gasteiger partial charge >= 0.3 is 0 Å². The van der Waals surface area contributed by atoms with Crippen molar-refractivity contribution >= 4 is 0 Å². The Morgan fingerprint density at radius 2 is 2.00 bits per heavy atom. The number of benzene rings is 1. The maximum atomic E-state index is 2.52. The van der Waals surface area contributed by atoms with Gasteiger partial charge < -0.3 is 0 Å². The van der Waals surface area contributed by atoms with Crippen LogP contribution in [0.3, 0.4) is 0 Å². The minimum atomic E-state index is 0.278. The molecule has 1 aromatic carbocycles. The summed E-state index contributed by atoms with van der Waals surface area (Å²) in [6.45, 7) is 12.7. The molecule has 0 aromatic heterocycles. The number of rotatable bonds is 1. The van der Waals surface area contributed by atoms with Gasteiger partial charge in [0.2, 0.25) is 0 Å². The molecule has 0 saturated carbocycles. The fraction of sp³-hybridized carbons (Fsp3) is 0.600. The molecular formula is C15H23N. The molecule has 88 valence electrons. The summed E-state index contributed by atoms with van der Waals surface area (Å²) in [6.07, 6.45) is 1.22. The quantitative estimate of drug-likeness (QED) is 0.697. The second-order valence-electron chi connectivity index (χ2n) is 5.81.